The predicted molar refractivity (Wildman–Crippen MR) is 126 cm³/mol. The molecule has 0 radical (unpaired) electrons. The Balaban J connectivity index is 1.64. The first-order chi connectivity index (χ1) is 16.6. The van der Waals surface area contributed by atoms with Crippen molar-refractivity contribution in [2.24, 2.45) is 0 Å². The van der Waals surface area contributed by atoms with Crippen molar-refractivity contribution in [3.8, 4) is 5.75 Å². The number of benzene rings is 2. The summed E-state index contributed by atoms with van der Waals surface area (Å²) in [6.45, 7) is 3.61. The molecule has 1 aliphatic heterocycles. The van der Waals surface area contributed by atoms with Crippen LogP contribution in [0.3, 0.4) is 0 Å². The molecule has 0 aromatic heterocycles. The van der Waals surface area contributed by atoms with E-state index < -0.39 is 30.0 Å². The van der Waals surface area contributed by atoms with E-state index in [-0.39, 0.29) is 6.61 Å². The van der Waals surface area contributed by atoms with Gasteiger partial charge in [-0.15, -0.1) is 0 Å². The number of hydrogen-bond acceptors (Lipinski definition) is 4. The third kappa shape index (κ3) is 5.17. The Hall–Kier alpha value is -3.00. The minimum Gasteiger partial charge on any atom is -0.497 e. The maximum atomic E-state index is 13.4. The van der Waals surface area contributed by atoms with Crippen molar-refractivity contribution in [3.63, 3.8) is 0 Å². The SMILES string of the molecule is COc1ccc(C2=C(CN3C(=O)O[C@H](c4cc(C)cc(C(F)(F)F)c4)[C@@H]3C)CCCC2)c(CO)c1. The number of hydrogen-bond donors (Lipinski definition) is 1. The molecule has 1 fully saturated rings. The highest BCUT2D eigenvalue weighted by molar-refractivity contribution is 5.75. The zero-order chi connectivity index (χ0) is 25.3. The molecule has 1 aliphatic carbocycles. The van der Waals surface area contributed by atoms with Gasteiger partial charge < -0.3 is 14.6 Å². The Morgan fingerprint density at radius 2 is 1.89 bits per heavy atom. The van der Waals surface area contributed by atoms with Gasteiger partial charge in [0.05, 0.1) is 25.3 Å². The van der Waals surface area contributed by atoms with Gasteiger partial charge in [-0.05, 0) is 91.6 Å². The number of carbonyl (C=O) groups is 1. The molecule has 8 heteroatoms. The summed E-state index contributed by atoms with van der Waals surface area (Å²) >= 11 is 0. The molecule has 2 aliphatic rings. The molecule has 35 heavy (non-hydrogen) atoms. The molecule has 2 aromatic rings. The summed E-state index contributed by atoms with van der Waals surface area (Å²) in [5.74, 6) is 0.659. The quantitative estimate of drug-likeness (QED) is 0.508. The second kappa shape index (κ2) is 9.93. The number of allylic oxidation sites excluding steroid dienone is 1. The Morgan fingerprint density at radius 1 is 1.14 bits per heavy atom. The molecule has 0 unspecified atom stereocenters. The number of amides is 1. The van der Waals surface area contributed by atoms with Gasteiger partial charge in [-0.3, -0.25) is 4.90 Å². The van der Waals surface area contributed by atoms with Crippen LogP contribution in [0.1, 0.15) is 66.5 Å². The summed E-state index contributed by atoms with van der Waals surface area (Å²) in [6.07, 6.45) is -2.19. The number of rotatable bonds is 6. The Bertz CT molecular complexity index is 1140. The van der Waals surface area contributed by atoms with Crippen molar-refractivity contribution in [1.82, 2.24) is 4.90 Å². The van der Waals surface area contributed by atoms with Crippen LogP contribution in [0, 0.1) is 6.92 Å². The molecule has 0 saturated carbocycles. The average Bonchev–Trinajstić information content (AvgIpc) is 3.11. The van der Waals surface area contributed by atoms with E-state index in [1.54, 1.807) is 31.9 Å². The highest BCUT2D eigenvalue weighted by Gasteiger charge is 2.41. The van der Waals surface area contributed by atoms with Crippen LogP contribution in [0.5, 0.6) is 5.75 Å². The van der Waals surface area contributed by atoms with Crippen LogP contribution in [-0.4, -0.2) is 35.8 Å². The normalized spacial score (nSPS) is 20.9. The Kier molecular flexibility index (Phi) is 7.12. The summed E-state index contributed by atoms with van der Waals surface area (Å²) in [5, 5.41) is 9.94. The fourth-order valence-corrected chi connectivity index (χ4v) is 5.10. The molecule has 4 rings (SSSR count). The first-order valence-electron chi connectivity index (χ1n) is 11.8. The Morgan fingerprint density at radius 3 is 2.57 bits per heavy atom. The third-order valence-electron chi connectivity index (χ3n) is 6.90. The van der Waals surface area contributed by atoms with Gasteiger partial charge in [-0.2, -0.15) is 13.2 Å². The minimum absolute atomic E-state index is 0.136. The van der Waals surface area contributed by atoms with Gasteiger partial charge in [0, 0.05) is 6.54 Å². The van der Waals surface area contributed by atoms with Crippen molar-refractivity contribution in [2.45, 2.75) is 64.5 Å². The molecular formula is C27H30F3NO4. The molecule has 5 nitrogen and oxygen atoms in total. The smallest absolute Gasteiger partial charge is 0.416 e. The van der Waals surface area contributed by atoms with Crippen LogP contribution in [0.25, 0.3) is 5.57 Å². The fraction of sp³-hybridized carbons (Fsp3) is 0.444. The van der Waals surface area contributed by atoms with Gasteiger partial charge in [0.15, 0.2) is 0 Å². The maximum Gasteiger partial charge on any atom is 0.416 e. The number of alkyl halides is 3. The summed E-state index contributed by atoms with van der Waals surface area (Å²) in [4.78, 5) is 14.5. The number of methoxy groups -OCH3 is 1. The van der Waals surface area contributed by atoms with Crippen LogP contribution < -0.4 is 4.74 Å². The van der Waals surface area contributed by atoms with E-state index in [9.17, 15) is 23.1 Å². The summed E-state index contributed by atoms with van der Waals surface area (Å²) < 4.78 is 51.0. The second-order valence-electron chi connectivity index (χ2n) is 9.27. The standard InChI is InChI=1S/C27H30F3NO4/c1-16-10-19(12-21(11-16)27(28,29)30)25-17(2)31(26(33)35-25)14-18-6-4-5-7-23(18)24-9-8-22(34-3)13-20(24)15-32/h8-13,17,25,32H,4-7,14-15H2,1-3H3/t17-,25-/m0/s1. The van der Waals surface area contributed by atoms with E-state index in [1.165, 1.54) is 0 Å². The van der Waals surface area contributed by atoms with Crippen LogP contribution in [0.4, 0.5) is 18.0 Å². The van der Waals surface area contributed by atoms with Crippen molar-refractivity contribution in [1.29, 1.82) is 0 Å². The van der Waals surface area contributed by atoms with Crippen LogP contribution in [-0.2, 0) is 17.5 Å². The van der Waals surface area contributed by atoms with E-state index in [1.807, 2.05) is 18.2 Å². The monoisotopic (exact) mass is 489 g/mol. The number of carbonyl (C=O) groups excluding carboxylic acids is 1. The number of ether oxygens (including phenoxy) is 2. The largest absolute Gasteiger partial charge is 0.497 e. The maximum absolute atomic E-state index is 13.4. The molecule has 1 amide bonds. The highest BCUT2D eigenvalue weighted by Crippen LogP contribution is 2.40. The van der Waals surface area contributed by atoms with Crippen molar-refractivity contribution < 1.29 is 32.5 Å². The number of aryl methyl sites for hydroxylation is 1. The molecule has 2 aromatic carbocycles. The summed E-state index contributed by atoms with van der Waals surface area (Å²) in [6, 6.07) is 8.97. The lowest BCUT2D eigenvalue weighted by Crippen LogP contribution is -2.34. The number of nitrogens with zero attached hydrogens (tertiary/aromatic N) is 1. The molecule has 188 valence electrons. The summed E-state index contributed by atoms with van der Waals surface area (Å²) in [5.41, 5.74) is 3.94. The van der Waals surface area contributed by atoms with Crippen molar-refractivity contribution in [2.75, 3.05) is 13.7 Å². The van der Waals surface area contributed by atoms with Crippen LogP contribution >= 0.6 is 0 Å². The predicted octanol–water partition coefficient (Wildman–Crippen LogP) is 6.42. The van der Waals surface area contributed by atoms with Gasteiger partial charge in [-0.1, -0.05) is 17.7 Å². The Labute approximate surface area is 203 Å². The zero-order valence-corrected chi connectivity index (χ0v) is 20.1. The molecule has 2 atom stereocenters. The van der Waals surface area contributed by atoms with Gasteiger partial charge in [0.2, 0.25) is 0 Å². The minimum atomic E-state index is -4.48. The van der Waals surface area contributed by atoms with Gasteiger partial charge in [0.25, 0.3) is 0 Å². The molecule has 1 N–H and O–H groups in total. The third-order valence-corrected chi connectivity index (χ3v) is 6.90. The first-order valence-corrected chi connectivity index (χ1v) is 11.8. The van der Waals surface area contributed by atoms with E-state index >= 15 is 0 Å². The summed E-state index contributed by atoms with van der Waals surface area (Å²) in [7, 11) is 1.57. The molecular weight excluding hydrogens is 459 g/mol. The lowest BCUT2D eigenvalue weighted by Gasteiger charge is -2.28. The van der Waals surface area contributed by atoms with Crippen LogP contribution in [0.2, 0.25) is 0 Å². The first kappa shape index (κ1) is 25.1. The van der Waals surface area contributed by atoms with E-state index in [4.69, 9.17) is 9.47 Å². The van der Waals surface area contributed by atoms with E-state index in [0.717, 1.165) is 60.1 Å². The van der Waals surface area contributed by atoms with Crippen molar-refractivity contribution in [3.05, 3.63) is 69.8 Å². The van der Waals surface area contributed by atoms with Gasteiger partial charge in [-0.25, -0.2) is 4.79 Å². The highest BCUT2D eigenvalue weighted by atomic mass is 19.4. The number of cyclic esters (lactones) is 1. The number of aliphatic hydroxyl groups is 1. The fourth-order valence-electron chi connectivity index (χ4n) is 5.10. The molecule has 0 bridgehead atoms. The number of aliphatic hydroxyl groups excluding tert-OH is 1. The lowest BCUT2D eigenvalue weighted by molar-refractivity contribution is -0.137. The molecule has 0 spiro atoms. The van der Waals surface area contributed by atoms with Crippen LogP contribution in [0.15, 0.2) is 42.0 Å². The van der Waals surface area contributed by atoms with E-state index in [0.29, 0.717) is 23.4 Å². The zero-order valence-electron chi connectivity index (χ0n) is 20.1. The topological polar surface area (TPSA) is 59.0 Å². The second-order valence-corrected chi connectivity index (χ2v) is 9.27. The lowest BCUT2D eigenvalue weighted by atomic mass is 9.85. The van der Waals surface area contributed by atoms with Crippen molar-refractivity contribution >= 4 is 11.7 Å². The van der Waals surface area contributed by atoms with Gasteiger partial charge >= 0.3 is 12.3 Å². The van der Waals surface area contributed by atoms with E-state index in [2.05, 4.69) is 0 Å². The molecule has 1 saturated heterocycles. The molecule has 1 heterocycles. The van der Waals surface area contributed by atoms with Gasteiger partial charge in [0.1, 0.15) is 11.9 Å². The average molecular weight is 490 g/mol. The number of halogens is 3.